The van der Waals surface area contributed by atoms with Crippen molar-refractivity contribution in [3.05, 3.63) is 169 Å². The molecule has 3 aliphatic rings. The van der Waals surface area contributed by atoms with Crippen LogP contribution in [0.5, 0.6) is 0 Å². The normalized spacial score (nSPS) is 13.9. The topological polar surface area (TPSA) is 43.9 Å². The number of carbonyl (C=O) groups excluding carboxylic acids is 2. The Labute approximate surface area is 329 Å². The summed E-state index contributed by atoms with van der Waals surface area (Å²) < 4.78 is 0. The lowest BCUT2D eigenvalue weighted by Crippen LogP contribution is -2.30. The van der Waals surface area contributed by atoms with Gasteiger partial charge in [-0.2, -0.15) is 0 Å². The van der Waals surface area contributed by atoms with Crippen molar-refractivity contribution in [1.29, 1.82) is 0 Å². The number of hydrogen-bond acceptors (Lipinski definition) is 6. The summed E-state index contributed by atoms with van der Waals surface area (Å²) in [5.41, 5.74) is 10.9. The smallest absolute Gasteiger partial charge is 0.262 e. The molecule has 7 heteroatoms. The first kappa shape index (κ1) is 33.5. The first-order valence-electron chi connectivity index (χ1n) is 18.6. The predicted molar refractivity (Wildman–Crippen MR) is 225 cm³/mol. The first-order valence-corrected chi connectivity index (χ1v) is 20.3. The van der Waals surface area contributed by atoms with Gasteiger partial charge in [0.2, 0.25) is 0 Å². The van der Waals surface area contributed by atoms with Crippen LogP contribution in [0.3, 0.4) is 0 Å². The maximum absolute atomic E-state index is 14.3. The van der Waals surface area contributed by atoms with E-state index >= 15 is 0 Å². The number of amides is 2. The lowest BCUT2D eigenvalue weighted by Gasteiger charge is -2.33. The van der Waals surface area contributed by atoms with Crippen molar-refractivity contribution in [2.45, 2.75) is 39.3 Å². The van der Waals surface area contributed by atoms with Gasteiger partial charge in [0.05, 0.1) is 33.9 Å². The van der Waals surface area contributed by atoms with E-state index in [9.17, 15) is 9.59 Å². The summed E-state index contributed by atoms with van der Waals surface area (Å²) in [6.07, 6.45) is 1.65. The fourth-order valence-corrected chi connectivity index (χ4v) is 10.1. The molecule has 5 nitrogen and oxygen atoms in total. The molecule has 0 bridgehead atoms. The van der Waals surface area contributed by atoms with E-state index in [2.05, 4.69) is 162 Å². The molecule has 0 unspecified atom stereocenters. The summed E-state index contributed by atoms with van der Waals surface area (Å²) >= 11 is 3.57. The minimum atomic E-state index is -0.221. The van der Waals surface area contributed by atoms with E-state index in [1.54, 1.807) is 23.5 Å². The van der Waals surface area contributed by atoms with E-state index < -0.39 is 0 Å². The number of para-hydroxylation sites is 4. The van der Waals surface area contributed by atoms with Gasteiger partial charge < -0.3 is 9.80 Å². The second-order valence-electron chi connectivity index (χ2n) is 13.9. The molecule has 0 radical (unpaired) electrons. The highest BCUT2D eigenvalue weighted by atomic mass is 32.2. The summed E-state index contributed by atoms with van der Waals surface area (Å²) in [5, 5.41) is 0. The molecule has 3 aliphatic heterocycles. The largest absolute Gasteiger partial charge is 0.308 e. The van der Waals surface area contributed by atoms with Crippen molar-refractivity contribution in [3.8, 4) is 22.3 Å². The fourth-order valence-electron chi connectivity index (χ4n) is 7.96. The maximum Gasteiger partial charge on any atom is 0.262 e. The summed E-state index contributed by atoms with van der Waals surface area (Å²) in [7, 11) is 0. The average Bonchev–Trinajstić information content (AvgIpc) is 3.49. The number of unbranched alkanes of at least 4 members (excludes halogenated alkanes) is 1. The van der Waals surface area contributed by atoms with Crippen molar-refractivity contribution in [3.63, 3.8) is 0 Å². The van der Waals surface area contributed by atoms with Gasteiger partial charge in [0, 0.05) is 37.5 Å². The van der Waals surface area contributed by atoms with E-state index in [1.807, 2.05) is 12.1 Å². The van der Waals surface area contributed by atoms with E-state index in [0.29, 0.717) is 17.7 Å². The third kappa shape index (κ3) is 5.57. The number of benzene rings is 7. The van der Waals surface area contributed by atoms with Crippen LogP contribution in [-0.4, -0.2) is 23.3 Å². The lowest BCUT2D eigenvalue weighted by atomic mass is 9.90. The molecule has 0 saturated heterocycles. The lowest BCUT2D eigenvalue weighted by molar-refractivity contribution is 0.0653. The number of imide groups is 1. The SMILES string of the molecule is CCCCN1C(=O)c2c(-c3ccc(N4c5ccccc5Sc5ccccc54)cc3)ccc(-c3ccc(N4c5ccccc5Sc5ccccc54)cc3)c2C1=O. The van der Waals surface area contributed by atoms with E-state index in [-0.39, 0.29) is 11.8 Å². The molecule has 0 N–H and O–H groups in total. The maximum atomic E-state index is 14.3. The molecular weight excluding hydrogens is 715 g/mol. The molecule has 2 amide bonds. The highest BCUT2D eigenvalue weighted by Crippen LogP contribution is 2.53. The Morgan fingerprint density at radius 1 is 0.436 bits per heavy atom. The summed E-state index contributed by atoms with van der Waals surface area (Å²) in [5.74, 6) is -0.443. The molecule has 266 valence electrons. The van der Waals surface area contributed by atoms with Gasteiger partial charge in [-0.15, -0.1) is 0 Å². The number of nitrogens with zero attached hydrogens (tertiary/aromatic N) is 3. The number of carbonyl (C=O) groups is 2. The molecule has 0 aromatic heterocycles. The monoisotopic (exact) mass is 749 g/mol. The van der Waals surface area contributed by atoms with Gasteiger partial charge in [0.15, 0.2) is 0 Å². The second-order valence-corrected chi connectivity index (χ2v) is 16.0. The predicted octanol–water partition coefficient (Wildman–Crippen LogP) is 13.3. The van der Waals surface area contributed by atoms with Crippen LogP contribution < -0.4 is 9.80 Å². The van der Waals surface area contributed by atoms with Gasteiger partial charge in [0.25, 0.3) is 11.8 Å². The number of anilines is 6. The summed E-state index contributed by atoms with van der Waals surface area (Å²) in [4.78, 5) is 39.4. The molecule has 0 atom stereocenters. The van der Waals surface area contributed by atoms with Crippen LogP contribution in [0, 0.1) is 0 Å². The van der Waals surface area contributed by atoms with Crippen LogP contribution in [-0.2, 0) is 0 Å². The van der Waals surface area contributed by atoms with Crippen LogP contribution >= 0.6 is 23.5 Å². The quantitative estimate of drug-likeness (QED) is 0.151. The molecule has 0 spiro atoms. The molecule has 10 rings (SSSR count). The molecule has 0 fully saturated rings. The third-order valence-corrected chi connectivity index (χ3v) is 12.9. The van der Waals surface area contributed by atoms with Crippen LogP contribution in [0.15, 0.2) is 177 Å². The zero-order valence-electron chi connectivity index (χ0n) is 30.1. The van der Waals surface area contributed by atoms with Crippen LogP contribution in [0.25, 0.3) is 22.3 Å². The van der Waals surface area contributed by atoms with Crippen molar-refractivity contribution in [2.75, 3.05) is 16.3 Å². The van der Waals surface area contributed by atoms with Gasteiger partial charge in [0.1, 0.15) is 0 Å². The molecule has 3 heterocycles. The zero-order chi connectivity index (χ0) is 37.0. The standard InChI is InChI=1S/C48H35N3O2S2/c1-2-3-30-49-47(52)45-35(31-20-24-33(25-21-31)50-37-12-4-8-16-41(37)54-42-17-9-5-13-38(42)50)28-29-36(46(45)48(49)53)32-22-26-34(27-23-32)51-39-14-6-10-18-43(39)55-44-19-11-7-15-40(44)51/h4-29H,2-3,30H2,1H3. The van der Waals surface area contributed by atoms with E-state index in [1.165, 1.54) is 24.5 Å². The molecule has 0 aliphatic carbocycles. The van der Waals surface area contributed by atoms with Gasteiger partial charge in [-0.3, -0.25) is 14.5 Å². The third-order valence-electron chi connectivity index (χ3n) is 10.6. The van der Waals surface area contributed by atoms with Crippen LogP contribution in [0.1, 0.15) is 40.5 Å². The molecule has 0 saturated carbocycles. The fraction of sp³-hybridized carbons (Fsp3) is 0.0833. The second kappa shape index (κ2) is 13.7. The zero-order valence-corrected chi connectivity index (χ0v) is 31.7. The van der Waals surface area contributed by atoms with E-state index in [0.717, 1.165) is 69.2 Å². The van der Waals surface area contributed by atoms with Crippen molar-refractivity contribution < 1.29 is 9.59 Å². The van der Waals surface area contributed by atoms with Crippen LogP contribution in [0.2, 0.25) is 0 Å². The Bertz CT molecular complexity index is 2380. The highest BCUT2D eigenvalue weighted by molar-refractivity contribution is 8.00. The van der Waals surface area contributed by atoms with Crippen molar-refractivity contribution in [1.82, 2.24) is 4.90 Å². The average molecular weight is 750 g/mol. The number of fused-ring (bicyclic) bond motifs is 5. The Hall–Kier alpha value is -6.02. The first-order chi connectivity index (χ1) is 27.1. The minimum Gasteiger partial charge on any atom is -0.308 e. The minimum absolute atomic E-state index is 0.221. The van der Waals surface area contributed by atoms with Crippen molar-refractivity contribution in [2.24, 2.45) is 0 Å². The Kier molecular flexibility index (Phi) is 8.34. The Morgan fingerprint density at radius 3 is 1.13 bits per heavy atom. The molecule has 7 aromatic carbocycles. The Balaban J connectivity index is 1.04. The van der Waals surface area contributed by atoms with Gasteiger partial charge in [-0.25, -0.2) is 0 Å². The summed E-state index contributed by atoms with van der Waals surface area (Å²) in [6.45, 7) is 2.48. The molecular formula is C48H35N3O2S2. The van der Waals surface area contributed by atoms with Crippen molar-refractivity contribution >= 4 is 69.5 Å². The van der Waals surface area contributed by atoms with Gasteiger partial charge >= 0.3 is 0 Å². The Morgan fingerprint density at radius 2 is 0.782 bits per heavy atom. The summed E-state index contributed by atoms with van der Waals surface area (Å²) in [6, 6.07) is 54.7. The van der Waals surface area contributed by atoms with Gasteiger partial charge in [-0.1, -0.05) is 122 Å². The number of hydrogen-bond donors (Lipinski definition) is 0. The molecule has 7 aromatic rings. The van der Waals surface area contributed by atoms with E-state index in [4.69, 9.17) is 0 Å². The van der Waals surface area contributed by atoms with Crippen LogP contribution in [0.4, 0.5) is 34.1 Å². The van der Waals surface area contributed by atoms with Gasteiger partial charge in [-0.05, 0) is 101 Å². The highest BCUT2D eigenvalue weighted by Gasteiger charge is 2.39. The number of rotatable bonds is 7. The molecule has 55 heavy (non-hydrogen) atoms.